The molecular weight excluding hydrogens is 649 g/mol. The third-order valence-electron chi connectivity index (χ3n) is 8.96. The lowest BCUT2D eigenvalue weighted by atomic mass is 9.83. The van der Waals surface area contributed by atoms with E-state index in [-0.39, 0.29) is 36.7 Å². The van der Waals surface area contributed by atoms with E-state index in [2.05, 4.69) is 0 Å². The lowest BCUT2D eigenvalue weighted by molar-refractivity contribution is -0.0854. The highest BCUT2D eigenvalue weighted by Crippen LogP contribution is 2.56. The number of ether oxygens (including phenoxy) is 4. The Labute approximate surface area is 289 Å². The van der Waals surface area contributed by atoms with Crippen molar-refractivity contribution in [3.05, 3.63) is 107 Å². The zero-order valence-electron chi connectivity index (χ0n) is 28.3. The van der Waals surface area contributed by atoms with Crippen molar-refractivity contribution >= 4 is 23.2 Å². The van der Waals surface area contributed by atoms with Gasteiger partial charge in [-0.05, 0) is 56.5 Å². The summed E-state index contributed by atoms with van der Waals surface area (Å²) in [4.78, 5) is 22.0. The molecule has 3 aliphatic heterocycles. The number of halogens is 3. The van der Waals surface area contributed by atoms with E-state index in [1.807, 2.05) is 65.6 Å². The molecule has 1 aromatic heterocycles. The fraction of sp³-hybridized carbons (Fsp3) is 0.368. The molecule has 2 saturated heterocycles. The van der Waals surface area contributed by atoms with Crippen molar-refractivity contribution in [2.45, 2.75) is 70.3 Å². The molecule has 0 bridgehead atoms. The van der Waals surface area contributed by atoms with Gasteiger partial charge in [0.15, 0.2) is 12.5 Å². The van der Waals surface area contributed by atoms with Crippen molar-refractivity contribution in [2.75, 3.05) is 29.9 Å². The minimum atomic E-state index is -3.44. The summed E-state index contributed by atoms with van der Waals surface area (Å²) >= 11 is 0. The summed E-state index contributed by atoms with van der Waals surface area (Å²) in [7, 11) is 1.71. The van der Waals surface area contributed by atoms with E-state index in [9.17, 15) is 4.79 Å². The first-order valence-corrected chi connectivity index (χ1v) is 16.6. The molecule has 0 saturated carbocycles. The minimum Gasteiger partial charge on any atom is -0.473 e. The Balaban J connectivity index is 1.24. The first-order chi connectivity index (χ1) is 23.9. The Morgan fingerprint density at radius 1 is 0.900 bits per heavy atom. The number of hydrogen-bond donors (Lipinski definition) is 0. The molecule has 7 rings (SSSR count). The van der Waals surface area contributed by atoms with E-state index in [1.54, 1.807) is 50.9 Å². The maximum atomic E-state index is 16.0. The summed E-state index contributed by atoms with van der Waals surface area (Å²) in [5.41, 5.74) is 2.19. The fourth-order valence-electron chi connectivity index (χ4n) is 6.59. The molecular formula is C38H39F3N4O5. The van der Waals surface area contributed by atoms with Crippen molar-refractivity contribution in [1.29, 1.82) is 0 Å². The summed E-state index contributed by atoms with van der Waals surface area (Å²) in [5, 5.41) is 0. The number of amides is 1. The molecule has 3 aromatic carbocycles. The standard InChI is InChI=1S/C38H39F3N4O5/c1-37(2,3)50-36(46)44-20-19-26(38(40,41)23-44)31-27(39)15-16-28-32(31)43(4)34-35(49-34)45(28)29-17-18-30(47-21-24-11-7-5-8-12-24)42-33(29)48-22-25-13-9-6-10-14-25/h5-18,26,34-35H,19-23H2,1-4H3/t26-,34?,35?/m1/s1. The monoisotopic (exact) mass is 688 g/mol. The Morgan fingerprint density at radius 3 is 2.18 bits per heavy atom. The third kappa shape index (κ3) is 6.76. The van der Waals surface area contributed by atoms with Crippen LogP contribution in [-0.4, -0.2) is 60.1 Å². The Morgan fingerprint density at radius 2 is 1.54 bits per heavy atom. The Kier molecular flexibility index (Phi) is 8.75. The molecule has 0 radical (unpaired) electrons. The number of carbonyl (C=O) groups excluding carboxylic acids is 1. The van der Waals surface area contributed by atoms with Crippen LogP contribution in [-0.2, 0) is 22.7 Å². The van der Waals surface area contributed by atoms with Gasteiger partial charge >= 0.3 is 6.09 Å². The number of epoxide rings is 1. The van der Waals surface area contributed by atoms with Crippen LogP contribution in [0.3, 0.4) is 0 Å². The average Bonchev–Trinajstić information content (AvgIpc) is 3.88. The van der Waals surface area contributed by atoms with Crippen LogP contribution in [0.4, 0.5) is 35.0 Å². The molecule has 50 heavy (non-hydrogen) atoms. The van der Waals surface area contributed by atoms with Gasteiger partial charge in [0, 0.05) is 25.2 Å². The second-order valence-electron chi connectivity index (χ2n) is 13.8. The van der Waals surface area contributed by atoms with E-state index >= 15 is 13.2 Å². The number of likely N-dealkylation sites (tertiary alicyclic amines) is 1. The second kappa shape index (κ2) is 13.1. The molecule has 2 fully saturated rings. The van der Waals surface area contributed by atoms with Gasteiger partial charge in [0.2, 0.25) is 11.8 Å². The number of fused-ring (bicyclic) bond motifs is 2. The molecule has 9 nitrogen and oxygen atoms in total. The van der Waals surface area contributed by atoms with Crippen molar-refractivity contribution in [2.24, 2.45) is 0 Å². The van der Waals surface area contributed by atoms with Crippen molar-refractivity contribution in [3.8, 4) is 11.8 Å². The predicted molar refractivity (Wildman–Crippen MR) is 181 cm³/mol. The number of benzene rings is 3. The first kappa shape index (κ1) is 33.5. The number of alkyl halides is 2. The number of likely N-dealkylation sites (N-methyl/N-ethyl adjacent to an activating group) is 1. The van der Waals surface area contributed by atoms with Crippen LogP contribution in [0.25, 0.3) is 0 Å². The molecule has 262 valence electrons. The highest BCUT2D eigenvalue weighted by molar-refractivity contribution is 5.85. The highest BCUT2D eigenvalue weighted by Gasteiger charge is 2.56. The Hall–Kier alpha value is -4.97. The van der Waals surface area contributed by atoms with E-state index in [4.69, 9.17) is 23.9 Å². The highest BCUT2D eigenvalue weighted by atomic mass is 19.3. The number of pyridine rings is 1. The number of rotatable bonds is 8. The van der Waals surface area contributed by atoms with Crippen LogP contribution in [0, 0.1) is 5.82 Å². The van der Waals surface area contributed by atoms with Gasteiger partial charge in [0.25, 0.3) is 5.92 Å². The quantitative estimate of drug-likeness (QED) is 0.172. The fourth-order valence-corrected chi connectivity index (χ4v) is 6.59. The lowest BCUT2D eigenvalue weighted by Crippen LogP contribution is -2.51. The number of anilines is 3. The lowest BCUT2D eigenvalue weighted by Gasteiger charge is -2.42. The molecule has 0 spiro atoms. The van der Waals surface area contributed by atoms with Crippen molar-refractivity contribution in [1.82, 2.24) is 9.88 Å². The van der Waals surface area contributed by atoms with Gasteiger partial charge in [0.1, 0.15) is 30.3 Å². The maximum absolute atomic E-state index is 16.0. The van der Waals surface area contributed by atoms with Gasteiger partial charge in [-0.2, -0.15) is 4.98 Å². The van der Waals surface area contributed by atoms with Crippen LogP contribution >= 0.6 is 0 Å². The largest absolute Gasteiger partial charge is 0.473 e. The minimum absolute atomic E-state index is 0.0138. The molecule has 12 heteroatoms. The van der Waals surface area contributed by atoms with Gasteiger partial charge < -0.3 is 33.6 Å². The molecule has 3 aliphatic rings. The smallest absolute Gasteiger partial charge is 0.410 e. The first-order valence-electron chi connectivity index (χ1n) is 16.6. The van der Waals surface area contributed by atoms with Crippen LogP contribution in [0.1, 0.15) is 49.8 Å². The topological polar surface area (TPSA) is 79.9 Å². The van der Waals surface area contributed by atoms with E-state index < -0.39 is 48.4 Å². The zero-order chi connectivity index (χ0) is 35.2. The van der Waals surface area contributed by atoms with Crippen LogP contribution in [0.5, 0.6) is 11.8 Å². The molecule has 1 amide bonds. The predicted octanol–water partition coefficient (Wildman–Crippen LogP) is 8.01. The van der Waals surface area contributed by atoms with Crippen LogP contribution in [0.2, 0.25) is 0 Å². The number of piperidine rings is 1. The summed E-state index contributed by atoms with van der Waals surface area (Å²) in [5.74, 6) is -5.13. The summed E-state index contributed by atoms with van der Waals surface area (Å²) in [6.07, 6.45) is -2.02. The van der Waals surface area contributed by atoms with Gasteiger partial charge in [-0.1, -0.05) is 60.7 Å². The average molecular weight is 689 g/mol. The number of carbonyl (C=O) groups is 1. The molecule has 0 aliphatic carbocycles. The van der Waals surface area contributed by atoms with Gasteiger partial charge in [-0.25, -0.2) is 18.0 Å². The van der Waals surface area contributed by atoms with Crippen LogP contribution in [0.15, 0.2) is 84.9 Å². The van der Waals surface area contributed by atoms with E-state index in [1.165, 1.54) is 6.07 Å². The van der Waals surface area contributed by atoms with E-state index in [0.29, 0.717) is 23.9 Å². The Bertz CT molecular complexity index is 1860. The van der Waals surface area contributed by atoms with Crippen molar-refractivity contribution in [3.63, 3.8) is 0 Å². The van der Waals surface area contributed by atoms with Crippen LogP contribution < -0.4 is 19.3 Å². The molecule has 2 unspecified atom stereocenters. The third-order valence-corrected chi connectivity index (χ3v) is 8.96. The second-order valence-corrected chi connectivity index (χ2v) is 13.8. The number of aromatic nitrogens is 1. The maximum Gasteiger partial charge on any atom is 0.410 e. The van der Waals surface area contributed by atoms with Gasteiger partial charge in [-0.3, -0.25) is 0 Å². The SMILES string of the molecule is CN1c2c(ccc(F)c2[C@H]2CCN(C(=O)OC(C)(C)C)CC2(F)F)N(c2ccc(OCc3ccccc3)nc2OCc2ccccc2)C2OC21. The molecule has 4 heterocycles. The number of hydrogen-bond acceptors (Lipinski definition) is 8. The summed E-state index contributed by atoms with van der Waals surface area (Å²) in [6, 6.07) is 25.6. The zero-order valence-corrected chi connectivity index (χ0v) is 28.3. The number of nitrogens with zero attached hydrogens (tertiary/aromatic N) is 4. The summed E-state index contributed by atoms with van der Waals surface area (Å²) in [6.45, 7) is 4.62. The van der Waals surface area contributed by atoms with E-state index in [0.717, 1.165) is 16.0 Å². The normalized spacial score (nSPS) is 20.9. The molecule has 0 N–H and O–H groups in total. The van der Waals surface area contributed by atoms with Gasteiger partial charge in [-0.15, -0.1) is 0 Å². The summed E-state index contributed by atoms with van der Waals surface area (Å²) < 4.78 is 71.8. The van der Waals surface area contributed by atoms with Gasteiger partial charge in [0.05, 0.1) is 23.8 Å². The van der Waals surface area contributed by atoms with Crippen molar-refractivity contribution < 1.29 is 36.9 Å². The molecule has 3 atom stereocenters. The molecule has 4 aromatic rings.